The molecule has 0 bridgehead atoms. The van der Waals surface area contributed by atoms with E-state index in [2.05, 4.69) is 23.7 Å². The summed E-state index contributed by atoms with van der Waals surface area (Å²) in [5, 5.41) is 4.52. The van der Waals surface area contributed by atoms with Crippen LogP contribution < -0.4 is 5.73 Å². The molecule has 0 saturated heterocycles. The third-order valence-corrected chi connectivity index (χ3v) is 4.06. The van der Waals surface area contributed by atoms with E-state index >= 15 is 0 Å². The van der Waals surface area contributed by atoms with E-state index in [9.17, 15) is 4.79 Å². The normalized spacial score (nSPS) is 14.1. The lowest BCUT2D eigenvalue weighted by atomic mass is 10.2. The zero-order valence-corrected chi connectivity index (χ0v) is 12.7. The molecule has 108 valence electrons. The van der Waals surface area contributed by atoms with E-state index in [-0.39, 0.29) is 5.97 Å². The van der Waals surface area contributed by atoms with Crippen molar-refractivity contribution in [1.29, 1.82) is 0 Å². The van der Waals surface area contributed by atoms with Crippen LogP contribution in [0.15, 0.2) is 12.3 Å². The van der Waals surface area contributed by atoms with Gasteiger partial charge in [-0.05, 0) is 31.6 Å². The zero-order valence-electron chi connectivity index (χ0n) is 11.8. The van der Waals surface area contributed by atoms with E-state index in [4.69, 9.17) is 5.73 Å². The van der Waals surface area contributed by atoms with E-state index < -0.39 is 6.04 Å². The highest BCUT2D eigenvalue weighted by atomic mass is 32.2. The minimum absolute atomic E-state index is 0.346. The van der Waals surface area contributed by atoms with Gasteiger partial charge in [0, 0.05) is 18.0 Å². The van der Waals surface area contributed by atoms with E-state index in [1.807, 2.05) is 16.9 Å². The van der Waals surface area contributed by atoms with Gasteiger partial charge < -0.3 is 10.5 Å². The molecule has 19 heavy (non-hydrogen) atoms. The van der Waals surface area contributed by atoms with Gasteiger partial charge in [-0.25, -0.2) is 0 Å². The predicted molar refractivity (Wildman–Crippen MR) is 78.0 cm³/mol. The lowest BCUT2D eigenvalue weighted by Gasteiger charge is -2.09. The molecule has 0 aliphatic heterocycles. The van der Waals surface area contributed by atoms with Crippen LogP contribution in [0.2, 0.25) is 0 Å². The fourth-order valence-electron chi connectivity index (χ4n) is 1.54. The molecule has 6 heteroatoms. The number of methoxy groups -OCH3 is 1. The van der Waals surface area contributed by atoms with Gasteiger partial charge in [-0.2, -0.15) is 16.9 Å². The minimum Gasteiger partial charge on any atom is -0.468 e. The monoisotopic (exact) mass is 285 g/mol. The number of carbonyl (C=O) groups is 1. The largest absolute Gasteiger partial charge is 0.468 e. The number of rotatable bonds is 8. The van der Waals surface area contributed by atoms with Crippen LogP contribution in [0.4, 0.5) is 0 Å². The van der Waals surface area contributed by atoms with Crippen molar-refractivity contribution in [3.8, 4) is 0 Å². The van der Waals surface area contributed by atoms with Crippen LogP contribution in [0.25, 0.3) is 0 Å². The van der Waals surface area contributed by atoms with Gasteiger partial charge >= 0.3 is 5.97 Å². The molecule has 0 aromatic carbocycles. The quantitative estimate of drug-likeness (QED) is 0.584. The van der Waals surface area contributed by atoms with Gasteiger partial charge in [-0.15, -0.1) is 0 Å². The topological polar surface area (TPSA) is 70.1 Å². The highest BCUT2D eigenvalue weighted by Crippen LogP contribution is 2.15. The highest BCUT2D eigenvalue weighted by Gasteiger charge is 2.13. The third kappa shape index (κ3) is 5.24. The maximum atomic E-state index is 11.1. The Hall–Kier alpha value is -1.01. The Morgan fingerprint density at radius 1 is 1.63 bits per heavy atom. The first kappa shape index (κ1) is 16.0. The van der Waals surface area contributed by atoms with Crippen molar-refractivity contribution < 1.29 is 9.53 Å². The van der Waals surface area contributed by atoms with Crippen LogP contribution >= 0.6 is 11.8 Å². The van der Waals surface area contributed by atoms with Gasteiger partial charge in [0.1, 0.15) is 6.04 Å². The van der Waals surface area contributed by atoms with Gasteiger partial charge in [0.25, 0.3) is 0 Å². The van der Waals surface area contributed by atoms with Crippen molar-refractivity contribution in [3.63, 3.8) is 0 Å². The Morgan fingerprint density at radius 3 is 3.00 bits per heavy atom. The van der Waals surface area contributed by atoms with Gasteiger partial charge in [0.2, 0.25) is 0 Å². The molecular formula is C13H23N3O2S. The summed E-state index contributed by atoms with van der Waals surface area (Å²) in [7, 11) is 1.36. The molecule has 0 amide bonds. The number of hydrogen-bond donors (Lipinski definition) is 1. The molecule has 0 aliphatic rings. The van der Waals surface area contributed by atoms with E-state index in [0.717, 1.165) is 23.6 Å². The number of ether oxygens (including phenoxy) is 1. The molecule has 1 aromatic heterocycles. The molecule has 0 radical (unpaired) electrons. The number of aromatic nitrogens is 2. The molecule has 2 atom stereocenters. The van der Waals surface area contributed by atoms with E-state index in [1.165, 1.54) is 7.11 Å². The second-order valence-electron chi connectivity index (χ2n) is 4.52. The molecule has 5 nitrogen and oxygen atoms in total. The van der Waals surface area contributed by atoms with Crippen molar-refractivity contribution in [2.45, 2.75) is 44.5 Å². The van der Waals surface area contributed by atoms with Crippen molar-refractivity contribution in [2.75, 3.05) is 12.9 Å². The fraction of sp³-hybridized carbons (Fsp3) is 0.692. The Kier molecular flexibility index (Phi) is 6.94. The molecule has 0 spiro atoms. The molecule has 1 heterocycles. The first-order valence-corrected chi connectivity index (χ1v) is 7.69. The van der Waals surface area contributed by atoms with Crippen LogP contribution in [0.5, 0.6) is 0 Å². The third-order valence-electron chi connectivity index (χ3n) is 3.03. The maximum Gasteiger partial charge on any atom is 0.322 e. The first-order valence-electron chi connectivity index (χ1n) is 6.53. The second-order valence-corrected chi connectivity index (χ2v) is 5.62. The Bertz CT molecular complexity index is 395. The summed E-state index contributed by atoms with van der Waals surface area (Å²) in [5.41, 5.74) is 6.73. The molecule has 2 unspecified atom stereocenters. The summed E-state index contributed by atoms with van der Waals surface area (Å²) in [6.07, 6.45) is 3.72. The number of carbonyl (C=O) groups excluding carboxylic acids is 1. The SMILES string of the molecule is CCC(C)n1ccc(CSCCC(N)C(=O)OC)n1. The van der Waals surface area contributed by atoms with Crippen molar-refractivity contribution in [3.05, 3.63) is 18.0 Å². The predicted octanol–water partition coefficient (Wildman–Crippen LogP) is 1.98. The van der Waals surface area contributed by atoms with Crippen LogP contribution in [0.3, 0.4) is 0 Å². The van der Waals surface area contributed by atoms with Crippen molar-refractivity contribution in [1.82, 2.24) is 9.78 Å². The average Bonchev–Trinajstić information content (AvgIpc) is 2.90. The number of hydrogen-bond acceptors (Lipinski definition) is 5. The summed E-state index contributed by atoms with van der Waals surface area (Å²) in [6.45, 7) is 4.30. The summed E-state index contributed by atoms with van der Waals surface area (Å²) in [5.74, 6) is 1.32. The number of esters is 1. The molecule has 0 fully saturated rings. The minimum atomic E-state index is -0.518. The van der Waals surface area contributed by atoms with E-state index in [0.29, 0.717) is 12.5 Å². The number of nitrogens with zero attached hydrogens (tertiary/aromatic N) is 2. The van der Waals surface area contributed by atoms with Crippen LogP contribution in [0, 0.1) is 0 Å². The fourth-order valence-corrected chi connectivity index (χ4v) is 2.47. The average molecular weight is 285 g/mol. The molecule has 1 aromatic rings. The summed E-state index contributed by atoms with van der Waals surface area (Å²) in [4.78, 5) is 11.1. The van der Waals surface area contributed by atoms with E-state index in [1.54, 1.807) is 11.8 Å². The van der Waals surface area contributed by atoms with Crippen LogP contribution in [-0.2, 0) is 15.3 Å². The van der Waals surface area contributed by atoms with Crippen LogP contribution in [0.1, 0.15) is 38.4 Å². The van der Waals surface area contributed by atoms with Crippen molar-refractivity contribution in [2.24, 2.45) is 5.73 Å². The zero-order chi connectivity index (χ0) is 14.3. The Morgan fingerprint density at radius 2 is 2.37 bits per heavy atom. The first-order chi connectivity index (χ1) is 9.08. The van der Waals surface area contributed by atoms with Gasteiger partial charge in [0.15, 0.2) is 0 Å². The number of nitrogens with two attached hydrogens (primary N) is 1. The summed E-state index contributed by atoms with van der Waals surface area (Å²) >= 11 is 1.73. The van der Waals surface area contributed by atoms with Gasteiger partial charge in [0.05, 0.1) is 12.8 Å². The highest BCUT2D eigenvalue weighted by molar-refractivity contribution is 7.98. The summed E-state index contributed by atoms with van der Waals surface area (Å²) < 4.78 is 6.58. The second kappa shape index (κ2) is 8.22. The molecular weight excluding hydrogens is 262 g/mol. The number of thioether (sulfide) groups is 1. The maximum absolute atomic E-state index is 11.1. The summed E-state index contributed by atoms with van der Waals surface area (Å²) in [6, 6.07) is 1.96. The Balaban J connectivity index is 2.26. The van der Waals surface area contributed by atoms with Crippen LogP contribution in [-0.4, -0.2) is 34.7 Å². The van der Waals surface area contributed by atoms with Crippen molar-refractivity contribution >= 4 is 17.7 Å². The molecule has 0 saturated carbocycles. The lowest BCUT2D eigenvalue weighted by molar-refractivity contribution is -0.142. The van der Waals surface area contributed by atoms with Gasteiger partial charge in [-0.1, -0.05) is 6.92 Å². The smallest absolute Gasteiger partial charge is 0.322 e. The standard InChI is InChI=1S/C13H23N3O2S/c1-4-10(2)16-7-5-11(15-16)9-19-8-6-12(14)13(17)18-3/h5,7,10,12H,4,6,8-9,14H2,1-3H3. The molecule has 1 rings (SSSR count). The van der Waals surface area contributed by atoms with Gasteiger partial charge in [-0.3, -0.25) is 9.48 Å². The Labute approximate surface area is 118 Å². The molecule has 0 aliphatic carbocycles. The lowest BCUT2D eigenvalue weighted by Crippen LogP contribution is -2.31. The molecule has 2 N–H and O–H groups in total.